The van der Waals surface area contributed by atoms with Gasteiger partial charge in [-0.05, 0) is 58.9 Å². The van der Waals surface area contributed by atoms with Gasteiger partial charge in [-0.1, -0.05) is 6.07 Å². The fourth-order valence-electron chi connectivity index (χ4n) is 5.34. The van der Waals surface area contributed by atoms with Gasteiger partial charge < -0.3 is 19.1 Å². The SMILES string of the molecule is COCOc1cc2nn(C)cc2cc1-c1ccc2cc(N3C[C@H](C)N(C(=O)OC(C)(C)C)[C@@H](C)C3)cc(F)c2n1. The van der Waals surface area contributed by atoms with Gasteiger partial charge in [0.05, 0.1) is 23.3 Å². The van der Waals surface area contributed by atoms with Crippen LogP contribution in [0.3, 0.4) is 0 Å². The number of benzene rings is 2. The van der Waals surface area contributed by atoms with Crippen LogP contribution >= 0.6 is 0 Å². The molecule has 0 spiro atoms. The van der Waals surface area contributed by atoms with E-state index in [9.17, 15) is 4.79 Å². The summed E-state index contributed by atoms with van der Waals surface area (Å²) in [6.45, 7) is 10.7. The van der Waals surface area contributed by atoms with Gasteiger partial charge in [-0.2, -0.15) is 5.10 Å². The molecule has 0 saturated carbocycles. The van der Waals surface area contributed by atoms with Gasteiger partial charge in [-0.15, -0.1) is 0 Å². The van der Waals surface area contributed by atoms with Crippen LogP contribution in [-0.4, -0.2) is 70.4 Å². The average Bonchev–Trinajstić information content (AvgIpc) is 3.24. The molecule has 2 aromatic heterocycles. The van der Waals surface area contributed by atoms with Gasteiger partial charge in [0.1, 0.15) is 16.9 Å². The number of halogens is 1. The second kappa shape index (κ2) is 10.6. The number of aryl methyl sites for hydroxylation is 1. The Morgan fingerprint density at radius 2 is 1.80 bits per heavy atom. The minimum Gasteiger partial charge on any atom is -0.467 e. The van der Waals surface area contributed by atoms with Crippen molar-refractivity contribution < 1.29 is 23.4 Å². The van der Waals surface area contributed by atoms with Gasteiger partial charge >= 0.3 is 6.09 Å². The highest BCUT2D eigenvalue weighted by molar-refractivity contribution is 5.90. The van der Waals surface area contributed by atoms with Crippen LogP contribution in [0.25, 0.3) is 33.1 Å². The van der Waals surface area contributed by atoms with Crippen molar-refractivity contribution in [1.82, 2.24) is 19.7 Å². The lowest BCUT2D eigenvalue weighted by molar-refractivity contribution is 0.00565. The van der Waals surface area contributed by atoms with Crippen molar-refractivity contribution >= 4 is 33.6 Å². The van der Waals surface area contributed by atoms with Gasteiger partial charge in [0, 0.05) is 61.5 Å². The second-order valence-corrected chi connectivity index (χ2v) is 11.4. The molecule has 1 amide bonds. The maximum absolute atomic E-state index is 15.6. The summed E-state index contributed by atoms with van der Waals surface area (Å²) in [5.74, 6) is 0.147. The summed E-state index contributed by atoms with van der Waals surface area (Å²) in [6, 6.07) is 10.8. The predicted molar refractivity (Wildman–Crippen MR) is 153 cm³/mol. The Labute approximate surface area is 233 Å². The van der Waals surface area contributed by atoms with Crippen LogP contribution in [0, 0.1) is 5.82 Å². The molecule has 1 aliphatic heterocycles. The van der Waals surface area contributed by atoms with Crippen LogP contribution in [0.4, 0.5) is 14.9 Å². The van der Waals surface area contributed by atoms with Gasteiger partial charge in [-0.3, -0.25) is 9.58 Å². The molecule has 2 aromatic carbocycles. The molecule has 9 nitrogen and oxygen atoms in total. The third-order valence-corrected chi connectivity index (χ3v) is 6.95. The first-order chi connectivity index (χ1) is 18.9. The van der Waals surface area contributed by atoms with E-state index in [-0.39, 0.29) is 30.5 Å². The largest absolute Gasteiger partial charge is 0.467 e. The molecule has 1 saturated heterocycles. The molecule has 0 N–H and O–H groups in total. The first-order valence-corrected chi connectivity index (χ1v) is 13.4. The standard InChI is InChI=1S/C30H36FN5O4/c1-18-14-35(15-19(2)36(18)29(37)40-30(3,4)5)22-10-20-8-9-25(32-28(20)24(31)12-22)23-11-21-16-34(6)33-26(21)13-27(23)39-17-38-7/h8-13,16,18-19H,14-15,17H2,1-7H3/t18-,19-/m0/s1. The topological polar surface area (TPSA) is 82.0 Å². The van der Waals surface area contributed by atoms with E-state index < -0.39 is 11.4 Å². The summed E-state index contributed by atoms with van der Waals surface area (Å²) in [4.78, 5) is 21.4. The number of carbonyl (C=O) groups excluding carboxylic acids is 1. The Bertz CT molecular complexity index is 1550. The first-order valence-electron chi connectivity index (χ1n) is 13.4. The number of nitrogens with zero attached hydrogens (tertiary/aromatic N) is 5. The minimum atomic E-state index is -0.568. The Kier molecular flexibility index (Phi) is 7.31. The number of aromatic nitrogens is 3. The Morgan fingerprint density at radius 3 is 2.48 bits per heavy atom. The van der Waals surface area contributed by atoms with Crippen LogP contribution in [0.15, 0.2) is 42.6 Å². The maximum Gasteiger partial charge on any atom is 0.410 e. The molecule has 1 fully saturated rings. The predicted octanol–water partition coefficient (Wildman–Crippen LogP) is 5.74. The van der Waals surface area contributed by atoms with Crippen molar-refractivity contribution in [3.05, 3.63) is 48.4 Å². The molecule has 40 heavy (non-hydrogen) atoms. The van der Waals surface area contributed by atoms with E-state index >= 15 is 4.39 Å². The summed E-state index contributed by atoms with van der Waals surface area (Å²) in [7, 11) is 3.41. The Balaban J connectivity index is 1.45. The van der Waals surface area contributed by atoms with Crippen LogP contribution in [0.5, 0.6) is 5.75 Å². The Hall–Kier alpha value is -3.92. The number of hydrogen-bond acceptors (Lipinski definition) is 7. The molecule has 1 aliphatic rings. The van der Waals surface area contributed by atoms with Crippen LogP contribution < -0.4 is 9.64 Å². The van der Waals surface area contributed by atoms with E-state index in [1.165, 1.54) is 6.07 Å². The molecule has 0 unspecified atom stereocenters. The van der Waals surface area contributed by atoms with Gasteiger partial charge in [0.15, 0.2) is 12.6 Å². The maximum atomic E-state index is 15.6. The number of piperazine rings is 1. The molecular formula is C30H36FN5O4. The number of amides is 1. The molecular weight excluding hydrogens is 513 g/mol. The van der Waals surface area contributed by atoms with Crippen molar-refractivity contribution in [2.45, 2.75) is 52.3 Å². The summed E-state index contributed by atoms with van der Waals surface area (Å²) >= 11 is 0. The monoisotopic (exact) mass is 549 g/mol. The molecule has 0 radical (unpaired) electrons. The van der Waals surface area contributed by atoms with Gasteiger partial charge in [-0.25, -0.2) is 14.2 Å². The van der Waals surface area contributed by atoms with Crippen LogP contribution in [0.1, 0.15) is 34.6 Å². The number of anilines is 1. The van der Waals surface area contributed by atoms with Gasteiger partial charge in [0.2, 0.25) is 0 Å². The molecule has 2 atom stereocenters. The molecule has 5 rings (SSSR count). The van der Waals surface area contributed by atoms with Crippen molar-refractivity contribution in [2.75, 3.05) is 31.9 Å². The zero-order valence-electron chi connectivity index (χ0n) is 24.1. The lowest BCUT2D eigenvalue weighted by atomic mass is 10.0. The van der Waals surface area contributed by atoms with E-state index in [2.05, 4.69) is 10.00 Å². The van der Waals surface area contributed by atoms with E-state index in [4.69, 9.17) is 19.2 Å². The van der Waals surface area contributed by atoms with E-state index in [0.29, 0.717) is 29.9 Å². The number of hydrogen-bond donors (Lipinski definition) is 0. The molecule has 0 aliphatic carbocycles. The third kappa shape index (κ3) is 5.54. The second-order valence-electron chi connectivity index (χ2n) is 11.4. The highest BCUT2D eigenvalue weighted by Crippen LogP contribution is 2.35. The first kappa shape index (κ1) is 27.6. The van der Waals surface area contributed by atoms with E-state index in [1.54, 1.807) is 16.7 Å². The molecule has 3 heterocycles. The molecule has 212 valence electrons. The zero-order valence-corrected chi connectivity index (χ0v) is 24.1. The number of ether oxygens (including phenoxy) is 3. The minimum absolute atomic E-state index is 0.0642. The highest BCUT2D eigenvalue weighted by atomic mass is 19.1. The summed E-state index contributed by atoms with van der Waals surface area (Å²) in [5.41, 5.74) is 2.56. The van der Waals surface area contributed by atoms with Crippen LogP contribution in [0.2, 0.25) is 0 Å². The fourth-order valence-corrected chi connectivity index (χ4v) is 5.34. The quantitative estimate of drug-likeness (QED) is 0.294. The zero-order chi connectivity index (χ0) is 28.8. The van der Waals surface area contributed by atoms with Crippen molar-refractivity contribution in [1.29, 1.82) is 0 Å². The lowest BCUT2D eigenvalue weighted by Crippen LogP contribution is -2.59. The third-order valence-electron chi connectivity index (χ3n) is 6.95. The van der Waals surface area contributed by atoms with Crippen molar-refractivity contribution in [2.24, 2.45) is 7.05 Å². The highest BCUT2D eigenvalue weighted by Gasteiger charge is 2.36. The Morgan fingerprint density at radius 1 is 1.07 bits per heavy atom. The van der Waals surface area contributed by atoms with E-state index in [0.717, 1.165) is 22.2 Å². The number of pyridine rings is 1. The van der Waals surface area contributed by atoms with Crippen molar-refractivity contribution in [3.8, 4) is 17.0 Å². The van der Waals surface area contributed by atoms with Crippen molar-refractivity contribution in [3.63, 3.8) is 0 Å². The number of rotatable bonds is 5. The number of carbonyl (C=O) groups is 1. The average molecular weight is 550 g/mol. The van der Waals surface area contributed by atoms with Gasteiger partial charge in [0.25, 0.3) is 0 Å². The fraction of sp³-hybridized carbons (Fsp3) is 0.433. The molecule has 10 heteroatoms. The summed E-state index contributed by atoms with van der Waals surface area (Å²) < 4.78 is 33.9. The summed E-state index contributed by atoms with van der Waals surface area (Å²) in [6.07, 6.45) is 1.59. The normalized spacial score (nSPS) is 18.0. The van der Waals surface area contributed by atoms with Crippen LogP contribution in [-0.2, 0) is 16.5 Å². The molecule has 0 bridgehead atoms. The van der Waals surface area contributed by atoms with E-state index in [1.807, 2.05) is 78.2 Å². The number of methoxy groups -OCH3 is 1. The molecule has 4 aromatic rings. The number of fused-ring (bicyclic) bond motifs is 2. The smallest absolute Gasteiger partial charge is 0.410 e. The summed E-state index contributed by atoms with van der Waals surface area (Å²) in [5, 5.41) is 6.07. The lowest BCUT2D eigenvalue weighted by Gasteiger charge is -2.45.